The van der Waals surface area contributed by atoms with Gasteiger partial charge in [0.1, 0.15) is 5.82 Å². The summed E-state index contributed by atoms with van der Waals surface area (Å²) in [5, 5.41) is 7.62. The van der Waals surface area contributed by atoms with Crippen LogP contribution in [0.1, 0.15) is 29.8 Å². The molecule has 0 saturated carbocycles. The Kier molecular flexibility index (Phi) is 6.70. The Labute approximate surface area is 188 Å². The monoisotopic (exact) mass is 435 g/mol. The van der Waals surface area contributed by atoms with Crippen molar-refractivity contribution >= 4 is 5.91 Å². The number of carbonyl (C=O) groups is 1. The molecule has 0 atom stereocenters. The molecule has 6 heteroatoms. The molecule has 1 aliphatic rings. The van der Waals surface area contributed by atoms with Crippen LogP contribution in [0.2, 0.25) is 0 Å². The molecule has 2 aromatic carbocycles. The summed E-state index contributed by atoms with van der Waals surface area (Å²) in [5.41, 5.74) is 4.42. The first-order valence-electron chi connectivity index (χ1n) is 11.2. The van der Waals surface area contributed by atoms with Gasteiger partial charge in [0, 0.05) is 25.5 Å². The lowest BCUT2D eigenvalue weighted by molar-refractivity contribution is -0.136. The molecule has 0 unspecified atom stereocenters. The molecule has 2 heterocycles. The molecule has 1 N–H and O–H groups in total. The number of rotatable bonds is 7. The lowest BCUT2D eigenvalue weighted by Gasteiger charge is -2.36. The van der Waals surface area contributed by atoms with Crippen molar-refractivity contribution in [3.05, 3.63) is 77.4 Å². The second-order valence-corrected chi connectivity index (χ2v) is 8.69. The van der Waals surface area contributed by atoms with Crippen LogP contribution in [0.25, 0.3) is 11.1 Å². The lowest BCUT2D eigenvalue weighted by atomic mass is 9.74. The highest BCUT2D eigenvalue weighted by Crippen LogP contribution is 2.35. The predicted molar refractivity (Wildman–Crippen MR) is 123 cm³/mol. The quantitative estimate of drug-likeness (QED) is 0.596. The van der Waals surface area contributed by atoms with Crippen LogP contribution in [0.3, 0.4) is 0 Å². The van der Waals surface area contributed by atoms with Crippen molar-refractivity contribution < 1.29 is 13.9 Å². The van der Waals surface area contributed by atoms with Gasteiger partial charge in [-0.25, -0.2) is 4.39 Å². The Bertz CT molecular complexity index is 1090. The third-order valence-corrected chi connectivity index (χ3v) is 6.27. The van der Waals surface area contributed by atoms with Gasteiger partial charge in [0.25, 0.3) is 0 Å². The minimum atomic E-state index is -0.506. The van der Waals surface area contributed by atoms with Crippen molar-refractivity contribution in [1.82, 2.24) is 15.1 Å². The number of ether oxygens (including phenoxy) is 1. The molecule has 3 aromatic rings. The van der Waals surface area contributed by atoms with Crippen LogP contribution in [0, 0.1) is 25.1 Å². The predicted octanol–water partition coefficient (Wildman–Crippen LogP) is 4.46. The molecule has 5 nitrogen and oxygen atoms in total. The van der Waals surface area contributed by atoms with Gasteiger partial charge in [-0.1, -0.05) is 36.4 Å². The number of nitrogens with zero attached hydrogens (tertiary/aromatic N) is 2. The molecule has 0 bridgehead atoms. The Morgan fingerprint density at radius 3 is 2.50 bits per heavy atom. The number of nitrogens with one attached hydrogen (secondary N) is 1. The molecule has 4 rings (SSSR count). The van der Waals surface area contributed by atoms with Gasteiger partial charge >= 0.3 is 0 Å². The number of halogens is 1. The zero-order chi connectivity index (χ0) is 22.6. The molecule has 1 aliphatic heterocycles. The average molecular weight is 436 g/mol. The molecule has 0 spiro atoms. The molecule has 1 fully saturated rings. The van der Waals surface area contributed by atoms with E-state index in [0.29, 0.717) is 45.6 Å². The molecule has 0 aliphatic carbocycles. The third kappa shape index (κ3) is 5.07. The van der Waals surface area contributed by atoms with Gasteiger partial charge in [-0.15, -0.1) is 0 Å². The number of aromatic nitrogens is 2. The van der Waals surface area contributed by atoms with Crippen molar-refractivity contribution in [3.63, 3.8) is 0 Å². The van der Waals surface area contributed by atoms with Crippen LogP contribution in [0.4, 0.5) is 4.39 Å². The summed E-state index contributed by atoms with van der Waals surface area (Å²) in [4.78, 5) is 13.4. The first kappa shape index (κ1) is 22.2. The number of benzene rings is 2. The molecule has 32 heavy (non-hydrogen) atoms. The molecular formula is C26H30FN3O2. The van der Waals surface area contributed by atoms with Crippen LogP contribution >= 0.6 is 0 Å². The lowest BCUT2D eigenvalue weighted by Crippen LogP contribution is -2.47. The SMILES string of the molecule is Cc1cc(C)n(CCNC(=O)C2(Cc3cccc(-c4cccc(F)c4)c3)CCOCC2)n1. The fourth-order valence-electron chi connectivity index (χ4n) is 4.53. The molecular weight excluding hydrogens is 405 g/mol. The summed E-state index contributed by atoms with van der Waals surface area (Å²) in [7, 11) is 0. The minimum absolute atomic E-state index is 0.0680. The highest BCUT2D eigenvalue weighted by molar-refractivity contribution is 5.83. The maximum atomic E-state index is 13.7. The van der Waals surface area contributed by atoms with E-state index in [2.05, 4.69) is 16.5 Å². The van der Waals surface area contributed by atoms with Gasteiger partial charge in [-0.2, -0.15) is 5.10 Å². The van der Waals surface area contributed by atoms with E-state index in [9.17, 15) is 9.18 Å². The van der Waals surface area contributed by atoms with Crippen LogP contribution in [-0.2, 0) is 22.5 Å². The van der Waals surface area contributed by atoms with Gasteiger partial charge in [-0.3, -0.25) is 9.48 Å². The van der Waals surface area contributed by atoms with Crippen molar-refractivity contribution in [3.8, 4) is 11.1 Å². The largest absolute Gasteiger partial charge is 0.381 e. The summed E-state index contributed by atoms with van der Waals surface area (Å²) in [6.45, 7) is 6.33. The van der Waals surface area contributed by atoms with Gasteiger partial charge in [0.05, 0.1) is 17.7 Å². The van der Waals surface area contributed by atoms with E-state index >= 15 is 0 Å². The standard InChI is InChI=1S/C26H30FN3O2/c1-19-15-20(2)30(29-19)12-11-28-25(31)26(9-13-32-14-10-26)18-21-5-3-6-22(16-21)23-7-4-8-24(27)17-23/h3-8,15-17H,9-14,18H2,1-2H3,(H,28,31). The maximum absolute atomic E-state index is 13.7. The first-order chi connectivity index (χ1) is 15.4. The van der Waals surface area contributed by atoms with Crippen LogP contribution in [-0.4, -0.2) is 35.4 Å². The Hall–Kier alpha value is -2.99. The van der Waals surface area contributed by atoms with Crippen LogP contribution in [0.15, 0.2) is 54.6 Å². The van der Waals surface area contributed by atoms with E-state index in [1.54, 1.807) is 6.07 Å². The molecule has 168 valence electrons. The fourth-order valence-corrected chi connectivity index (χ4v) is 4.53. The van der Waals surface area contributed by atoms with Crippen LogP contribution in [0.5, 0.6) is 0 Å². The first-order valence-corrected chi connectivity index (χ1v) is 11.2. The van der Waals surface area contributed by atoms with E-state index in [1.807, 2.05) is 48.9 Å². The molecule has 1 saturated heterocycles. The Morgan fingerprint density at radius 1 is 1.09 bits per heavy atom. The average Bonchev–Trinajstić information content (AvgIpc) is 3.11. The van der Waals surface area contributed by atoms with E-state index in [1.165, 1.54) is 12.1 Å². The smallest absolute Gasteiger partial charge is 0.226 e. The van der Waals surface area contributed by atoms with E-state index < -0.39 is 5.41 Å². The van der Waals surface area contributed by atoms with Crippen molar-refractivity contribution in [1.29, 1.82) is 0 Å². The van der Waals surface area contributed by atoms with Gasteiger partial charge in [0.15, 0.2) is 0 Å². The number of aryl methyl sites for hydroxylation is 2. The zero-order valence-electron chi connectivity index (χ0n) is 18.7. The highest BCUT2D eigenvalue weighted by atomic mass is 19.1. The normalized spacial score (nSPS) is 15.5. The Morgan fingerprint density at radius 2 is 1.81 bits per heavy atom. The summed E-state index contributed by atoms with van der Waals surface area (Å²) in [6.07, 6.45) is 2.00. The molecule has 0 radical (unpaired) electrons. The minimum Gasteiger partial charge on any atom is -0.381 e. The second-order valence-electron chi connectivity index (χ2n) is 8.69. The highest BCUT2D eigenvalue weighted by Gasteiger charge is 2.40. The van der Waals surface area contributed by atoms with E-state index in [0.717, 1.165) is 28.1 Å². The summed E-state index contributed by atoms with van der Waals surface area (Å²) in [5.74, 6) is -0.186. The van der Waals surface area contributed by atoms with Crippen molar-refractivity contribution in [2.45, 2.75) is 39.7 Å². The number of carbonyl (C=O) groups excluding carboxylic acids is 1. The van der Waals surface area contributed by atoms with Gasteiger partial charge in [-0.05, 0) is 68.0 Å². The molecule has 1 aromatic heterocycles. The summed E-state index contributed by atoms with van der Waals surface area (Å²) >= 11 is 0. The number of amides is 1. The van der Waals surface area contributed by atoms with E-state index in [4.69, 9.17) is 4.74 Å². The van der Waals surface area contributed by atoms with Gasteiger partial charge in [0.2, 0.25) is 5.91 Å². The third-order valence-electron chi connectivity index (χ3n) is 6.27. The van der Waals surface area contributed by atoms with E-state index in [-0.39, 0.29) is 11.7 Å². The second kappa shape index (κ2) is 9.65. The topological polar surface area (TPSA) is 56.2 Å². The van der Waals surface area contributed by atoms with Crippen molar-refractivity contribution in [2.24, 2.45) is 5.41 Å². The number of hydrogen-bond donors (Lipinski definition) is 1. The summed E-state index contributed by atoms with van der Waals surface area (Å²) in [6, 6.07) is 16.7. The number of hydrogen-bond acceptors (Lipinski definition) is 3. The maximum Gasteiger partial charge on any atom is 0.226 e. The van der Waals surface area contributed by atoms with Crippen molar-refractivity contribution in [2.75, 3.05) is 19.8 Å². The fraction of sp³-hybridized carbons (Fsp3) is 0.385. The zero-order valence-corrected chi connectivity index (χ0v) is 18.7. The Balaban J connectivity index is 1.48. The van der Waals surface area contributed by atoms with Crippen LogP contribution < -0.4 is 5.32 Å². The molecule has 1 amide bonds. The summed E-state index contributed by atoms with van der Waals surface area (Å²) < 4.78 is 21.2. The van der Waals surface area contributed by atoms with Gasteiger partial charge < -0.3 is 10.1 Å².